The Kier molecular flexibility index (Phi) is 5.24. The smallest absolute Gasteiger partial charge is 0.365 e. The first-order valence-electron chi connectivity index (χ1n) is 8.61. The lowest BCUT2D eigenvalue weighted by molar-refractivity contribution is -0.134. The molecule has 136 valence electrons. The fourth-order valence-corrected chi connectivity index (χ4v) is 3.46. The molecular weight excluding hydrogens is 319 g/mol. The summed E-state index contributed by atoms with van der Waals surface area (Å²) in [5.74, 6) is -2.68. The van der Waals surface area contributed by atoms with Crippen LogP contribution in [0.2, 0.25) is 0 Å². The summed E-state index contributed by atoms with van der Waals surface area (Å²) in [6, 6.07) is 3.95. The van der Waals surface area contributed by atoms with Crippen LogP contribution in [0.1, 0.15) is 70.2 Å². The van der Waals surface area contributed by atoms with E-state index in [1.54, 1.807) is 0 Å². The fourth-order valence-electron chi connectivity index (χ4n) is 3.46. The second kappa shape index (κ2) is 6.75. The lowest BCUT2D eigenvalue weighted by atomic mass is 9.73. The van der Waals surface area contributed by atoms with Crippen molar-refractivity contribution in [2.45, 2.75) is 59.0 Å². The Morgan fingerprint density at radius 1 is 1.36 bits per heavy atom. The van der Waals surface area contributed by atoms with Crippen LogP contribution in [0.25, 0.3) is 11.6 Å². The molecule has 0 fully saturated rings. The number of allylic oxidation sites excluding steroid dienone is 2. The van der Waals surface area contributed by atoms with E-state index in [1.165, 1.54) is 12.5 Å². The predicted octanol–water partition coefficient (Wildman–Crippen LogP) is 5.44. The van der Waals surface area contributed by atoms with E-state index in [2.05, 4.69) is 26.0 Å². The maximum absolute atomic E-state index is 14.2. The monoisotopic (exact) mass is 346 g/mol. The number of ether oxygens (including phenoxy) is 1. The molecule has 0 bridgehead atoms. The summed E-state index contributed by atoms with van der Waals surface area (Å²) in [5.41, 5.74) is 2.99. The fraction of sp³-hybridized carbons (Fsp3) is 0.476. The highest BCUT2D eigenvalue weighted by Crippen LogP contribution is 2.41. The molecule has 1 aliphatic rings. The van der Waals surface area contributed by atoms with Gasteiger partial charge in [-0.15, -0.1) is 0 Å². The molecule has 0 saturated carbocycles. The highest BCUT2D eigenvalue weighted by molar-refractivity contribution is 5.94. The summed E-state index contributed by atoms with van der Waals surface area (Å²) in [7, 11) is 0. The predicted molar refractivity (Wildman–Crippen MR) is 99.1 cm³/mol. The van der Waals surface area contributed by atoms with Gasteiger partial charge in [0.1, 0.15) is 0 Å². The van der Waals surface area contributed by atoms with Crippen LogP contribution in [0.15, 0.2) is 24.0 Å². The number of rotatable bonds is 5. The average molecular weight is 346 g/mol. The number of carboxylic acid groups (broad SMARTS) is 1. The molecule has 0 saturated heterocycles. The van der Waals surface area contributed by atoms with Gasteiger partial charge in [-0.3, -0.25) is 0 Å². The number of fused-ring (bicyclic) bond motifs is 1. The Labute approximate surface area is 149 Å². The lowest BCUT2D eigenvalue weighted by Crippen LogP contribution is -2.27. The standard InChI is InChI=1S/C21H27FO3/c1-7-25-21(5,6)17-12-16-14(9-8-10-20(16,3)4)11-15(17)13(2)18(22)19(23)24/h8-9,11-12H,7,10H2,1-6H3,(H,23,24)/b18-13+. The molecule has 0 spiro atoms. The van der Waals surface area contributed by atoms with Gasteiger partial charge in [0.15, 0.2) is 0 Å². The lowest BCUT2D eigenvalue weighted by Gasteiger charge is -2.34. The van der Waals surface area contributed by atoms with E-state index in [0.29, 0.717) is 12.2 Å². The number of benzene rings is 1. The van der Waals surface area contributed by atoms with E-state index >= 15 is 0 Å². The topological polar surface area (TPSA) is 46.5 Å². The Morgan fingerprint density at radius 3 is 2.56 bits per heavy atom. The zero-order chi connectivity index (χ0) is 19.0. The van der Waals surface area contributed by atoms with Gasteiger partial charge in [0.25, 0.3) is 0 Å². The Hall–Kier alpha value is -1.94. The summed E-state index contributed by atoms with van der Waals surface area (Å²) >= 11 is 0. The second-order valence-corrected chi connectivity index (χ2v) is 7.66. The minimum atomic E-state index is -1.55. The van der Waals surface area contributed by atoms with E-state index in [1.807, 2.05) is 32.9 Å². The molecule has 0 atom stereocenters. The van der Waals surface area contributed by atoms with Crippen molar-refractivity contribution < 1.29 is 19.0 Å². The quantitative estimate of drug-likeness (QED) is 0.722. The molecule has 0 aliphatic heterocycles. The van der Waals surface area contributed by atoms with Gasteiger partial charge < -0.3 is 9.84 Å². The van der Waals surface area contributed by atoms with Gasteiger partial charge in [0.05, 0.1) is 5.60 Å². The number of halogens is 1. The molecule has 1 aromatic rings. The van der Waals surface area contributed by atoms with Crippen LogP contribution in [-0.2, 0) is 20.5 Å². The van der Waals surface area contributed by atoms with E-state index in [0.717, 1.165) is 17.5 Å². The first-order chi connectivity index (χ1) is 11.5. The summed E-state index contributed by atoms with van der Waals surface area (Å²) in [5, 5.41) is 9.05. The third-order valence-electron chi connectivity index (χ3n) is 4.92. The van der Waals surface area contributed by atoms with Crippen molar-refractivity contribution in [3.8, 4) is 0 Å². The Bertz CT molecular complexity index is 755. The van der Waals surface area contributed by atoms with Crippen LogP contribution >= 0.6 is 0 Å². The van der Waals surface area contributed by atoms with Crippen LogP contribution in [0.3, 0.4) is 0 Å². The Morgan fingerprint density at radius 2 is 2.00 bits per heavy atom. The molecule has 0 radical (unpaired) electrons. The van der Waals surface area contributed by atoms with E-state index in [9.17, 15) is 9.18 Å². The summed E-state index contributed by atoms with van der Waals surface area (Å²) in [6.45, 7) is 12.1. The zero-order valence-electron chi connectivity index (χ0n) is 15.9. The van der Waals surface area contributed by atoms with Gasteiger partial charge in [-0.05, 0) is 73.4 Å². The van der Waals surface area contributed by atoms with E-state index < -0.39 is 17.4 Å². The minimum Gasteiger partial charge on any atom is -0.476 e. The summed E-state index contributed by atoms with van der Waals surface area (Å²) in [4.78, 5) is 11.1. The third-order valence-corrected chi connectivity index (χ3v) is 4.92. The molecule has 0 aromatic heterocycles. The molecule has 25 heavy (non-hydrogen) atoms. The third kappa shape index (κ3) is 3.69. The van der Waals surface area contributed by atoms with Crippen LogP contribution < -0.4 is 0 Å². The van der Waals surface area contributed by atoms with Crippen molar-refractivity contribution in [2.24, 2.45) is 0 Å². The van der Waals surface area contributed by atoms with Crippen molar-refractivity contribution in [1.82, 2.24) is 0 Å². The maximum Gasteiger partial charge on any atom is 0.365 e. The highest BCUT2D eigenvalue weighted by Gasteiger charge is 2.32. The molecule has 3 nitrogen and oxygen atoms in total. The van der Waals surface area contributed by atoms with Crippen molar-refractivity contribution in [2.75, 3.05) is 6.61 Å². The van der Waals surface area contributed by atoms with Gasteiger partial charge in [-0.2, -0.15) is 4.39 Å². The van der Waals surface area contributed by atoms with Crippen LogP contribution in [0.5, 0.6) is 0 Å². The molecule has 0 heterocycles. The van der Waals surface area contributed by atoms with E-state index in [-0.39, 0.29) is 11.0 Å². The normalized spacial score (nSPS) is 17.1. The largest absolute Gasteiger partial charge is 0.476 e. The molecule has 0 amide bonds. The summed E-state index contributed by atoms with van der Waals surface area (Å²) in [6.07, 6.45) is 5.05. The van der Waals surface area contributed by atoms with Crippen molar-refractivity contribution in [1.29, 1.82) is 0 Å². The SMILES string of the molecule is CCOC(C)(C)c1cc2c(cc1/C(C)=C(/F)C(=O)O)C=CCC2(C)C. The molecule has 1 aliphatic carbocycles. The van der Waals surface area contributed by atoms with Gasteiger partial charge in [0.2, 0.25) is 5.83 Å². The first-order valence-corrected chi connectivity index (χ1v) is 8.61. The second-order valence-electron chi connectivity index (χ2n) is 7.66. The van der Waals surface area contributed by atoms with Crippen LogP contribution in [0, 0.1) is 0 Å². The average Bonchev–Trinajstić information content (AvgIpc) is 2.52. The van der Waals surface area contributed by atoms with Gasteiger partial charge in [-0.1, -0.05) is 32.1 Å². The molecule has 4 heteroatoms. The van der Waals surface area contributed by atoms with E-state index in [4.69, 9.17) is 9.84 Å². The van der Waals surface area contributed by atoms with Crippen LogP contribution in [-0.4, -0.2) is 17.7 Å². The zero-order valence-corrected chi connectivity index (χ0v) is 15.9. The number of carboxylic acids is 1. The van der Waals surface area contributed by atoms with Gasteiger partial charge >= 0.3 is 5.97 Å². The highest BCUT2D eigenvalue weighted by atomic mass is 19.1. The first kappa shape index (κ1) is 19.4. The van der Waals surface area contributed by atoms with Crippen molar-refractivity contribution >= 4 is 17.6 Å². The van der Waals surface area contributed by atoms with Crippen molar-refractivity contribution in [3.63, 3.8) is 0 Å². The molecule has 0 unspecified atom stereocenters. The molecule has 1 aromatic carbocycles. The molecular formula is C21H27FO3. The number of aliphatic carboxylic acids is 1. The number of hydrogen-bond donors (Lipinski definition) is 1. The number of carbonyl (C=O) groups is 1. The minimum absolute atomic E-state index is 0.0391. The van der Waals surface area contributed by atoms with Gasteiger partial charge in [0, 0.05) is 6.61 Å². The van der Waals surface area contributed by atoms with Gasteiger partial charge in [-0.25, -0.2) is 4.79 Å². The number of hydrogen-bond acceptors (Lipinski definition) is 2. The Balaban J connectivity index is 2.81. The molecule has 2 rings (SSSR count). The molecule has 1 N–H and O–H groups in total. The maximum atomic E-state index is 14.2. The van der Waals surface area contributed by atoms with Crippen LogP contribution in [0.4, 0.5) is 4.39 Å². The van der Waals surface area contributed by atoms with Crippen molar-refractivity contribution in [3.05, 3.63) is 46.3 Å². The summed E-state index contributed by atoms with van der Waals surface area (Å²) < 4.78 is 20.1.